The third-order valence-electron chi connectivity index (χ3n) is 3.00. The van der Waals surface area contributed by atoms with Crippen molar-refractivity contribution >= 4 is 5.91 Å². The van der Waals surface area contributed by atoms with E-state index in [2.05, 4.69) is 5.32 Å². The SMILES string of the molecule is O=C1N(C2CC2)CNC12CC2. The summed E-state index contributed by atoms with van der Waals surface area (Å²) in [6.07, 6.45) is 4.58. The van der Waals surface area contributed by atoms with E-state index in [1.54, 1.807) is 0 Å². The molecule has 11 heavy (non-hydrogen) atoms. The van der Waals surface area contributed by atoms with Crippen molar-refractivity contribution in [1.82, 2.24) is 10.2 Å². The maximum atomic E-state index is 11.6. The average molecular weight is 152 g/mol. The summed E-state index contributed by atoms with van der Waals surface area (Å²) in [7, 11) is 0. The van der Waals surface area contributed by atoms with Crippen LogP contribution in [0.3, 0.4) is 0 Å². The van der Waals surface area contributed by atoms with Crippen LogP contribution in [0.5, 0.6) is 0 Å². The zero-order chi connectivity index (χ0) is 7.47. The maximum Gasteiger partial charge on any atom is 0.244 e. The quantitative estimate of drug-likeness (QED) is 0.576. The Hall–Kier alpha value is -0.570. The van der Waals surface area contributed by atoms with Gasteiger partial charge < -0.3 is 4.90 Å². The lowest BCUT2D eigenvalue weighted by atomic mass is 10.3. The zero-order valence-electron chi connectivity index (χ0n) is 6.47. The van der Waals surface area contributed by atoms with Gasteiger partial charge in [0.15, 0.2) is 0 Å². The summed E-state index contributed by atoms with van der Waals surface area (Å²) < 4.78 is 0. The van der Waals surface area contributed by atoms with Gasteiger partial charge >= 0.3 is 0 Å². The number of carbonyl (C=O) groups excluding carboxylic acids is 1. The molecule has 0 unspecified atom stereocenters. The van der Waals surface area contributed by atoms with Gasteiger partial charge in [-0.1, -0.05) is 0 Å². The predicted octanol–water partition coefficient (Wildman–Crippen LogP) is 0.0707. The van der Waals surface area contributed by atoms with Crippen molar-refractivity contribution in [2.24, 2.45) is 0 Å². The lowest BCUT2D eigenvalue weighted by molar-refractivity contribution is -0.130. The van der Waals surface area contributed by atoms with Gasteiger partial charge in [0, 0.05) is 6.04 Å². The Labute approximate surface area is 65.7 Å². The first-order valence-electron chi connectivity index (χ1n) is 4.38. The van der Waals surface area contributed by atoms with E-state index in [4.69, 9.17) is 0 Å². The maximum absolute atomic E-state index is 11.6. The fourth-order valence-electron chi connectivity index (χ4n) is 1.86. The summed E-state index contributed by atoms with van der Waals surface area (Å²) in [4.78, 5) is 13.7. The van der Waals surface area contributed by atoms with E-state index in [9.17, 15) is 4.79 Å². The van der Waals surface area contributed by atoms with Gasteiger partial charge in [0.25, 0.3) is 0 Å². The second-order valence-electron chi connectivity index (χ2n) is 3.92. The molecule has 3 nitrogen and oxygen atoms in total. The highest BCUT2D eigenvalue weighted by molar-refractivity contribution is 5.91. The number of nitrogens with zero attached hydrogens (tertiary/aromatic N) is 1. The first-order valence-corrected chi connectivity index (χ1v) is 4.38. The third-order valence-corrected chi connectivity index (χ3v) is 3.00. The summed E-state index contributed by atoms with van der Waals surface area (Å²) in [5.74, 6) is 0.375. The van der Waals surface area contributed by atoms with E-state index in [0.29, 0.717) is 11.9 Å². The van der Waals surface area contributed by atoms with E-state index in [0.717, 1.165) is 19.5 Å². The molecule has 0 radical (unpaired) electrons. The van der Waals surface area contributed by atoms with Crippen LogP contribution in [0.25, 0.3) is 0 Å². The Morgan fingerprint density at radius 3 is 2.64 bits per heavy atom. The molecule has 60 valence electrons. The van der Waals surface area contributed by atoms with E-state index < -0.39 is 0 Å². The molecule has 1 saturated heterocycles. The van der Waals surface area contributed by atoms with Crippen molar-refractivity contribution in [3.05, 3.63) is 0 Å². The van der Waals surface area contributed by atoms with Crippen LogP contribution in [-0.4, -0.2) is 29.1 Å². The third kappa shape index (κ3) is 0.692. The molecule has 2 saturated carbocycles. The number of rotatable bonds is 1. The van der Waals surface area contributed by atoms with Crippen LogP contribution in [0.4, 0.5) is 0 Å². The zero-order valence-corrected chi connectivity index (χ0v) is 6.47. The highest BCUT2D eigenvalue weighted by atomic mass is 16.2. The molecule has 3 heteroatoms. The van der Waals surface area contributed by atoms with Gasteiger partial charge in [-0.2, -0.15) is 0 Å². The lowest BCUT2D eigenvalue weighted by Crippen LogP contribution is -2.33. The largest absolute Gasteiger partial charge is 0.325 e. The van der Waals surface area contributed by atoms with Crippen LogP contribution in [0.2, 0.25) is 0 Å². The number of carbonyl (C=O) groups is 1. The van der Waals surface area contributed by atoms with E-state index in [1.165, 1.54) is 12.8 Å². The number of hydrogen-bond donors (Lipinski definition) is 1. The fourth-order valence-corrected chi connectivity index (χ4v) is 1.86. The molecule has 2 aliphatic carbocycles. The lowest BCUT2D eigenvalue weighted by Gasteiger charge is -2.12. The number of nitrogens with one attached hydrogen (secondary N) is 1. The van der Waals surface area contributed by atoms with E-state index >= 15 is 0 Å². The second kappa shape index (κ2) is 1.61. The van der Waals surface area contributed by atoms with Crippen molar-refractivity contribution in [2.75, 3.05) is 6.67 Å². The van der Waals surface area contributed by atoms with E-state index in [1.807, 2.05) is 4.90 Å². The minimum Gasteiger partial charge on any atom is -0.325 e. The number of hydrogen-bond acceptors (Lipinski definition) is 2. The highest BCUT2D eigenvalue weighted by Crippen LogP contribution is 2.43. The number of amides is 1. The van der Waals surface area contributed by atoms with Gasteiger partial charge in [-0.15, -0.1) is 0 Å². The van der Waals surface area contributed by atoms with Crippen molar-refractivity contribution in [3.63, 3.8) is 0 Å². The smallest absolute Gasteiger partial charge is 0.244 e. The first-order chi connectivity index (χ1) is 5.32. The highest BCUT2D eigenvalue weighted by Gasteiger charge is 2.57. The van der Waals surface area contributed by atoms with Crippen molar-refractivity contribution in [1.29, 1.82) is 0 Å². The molecule has 1 spiro atoms. The minimum atomic E-state index is -0.0669. The molecule has 0 atom stereocenters. The van der Waals surface area contributed by atoms with Crippen molar-refractivity contribution in [3.8, 4) is 0 Å². The van der Waals surface area contributed by atoms with Crippen LogP contribution < -0.4 is 5.32 Å². The normalized spacial score (nSPS) is 33.5. The average Bonchev–Trinajstić information content (AvgIpc) is 2.77. The molecule has 3 aliphatic rings. The van der Waals surface area contributed by atoms with Gasteiger partial charge in [0.2, 0.25) is 5.91 Å². The molecule has 1 N–H and O–H groups in total. The Bertz CT molecular complexity index is 218. The van der Waals surface area contributed by atoms with Crippen molar-refractivity contribution in [2.45, 2.75) is 37.3 Å². The Morgan fingerprint density at radius 1 is 1.45 bits per heavy atom. The van der Waals surface area contributed by atoms with Crippen LogP contribution in [0.1, 0.15) is 25.7 Å². The molecule has 0 aromatic heterocycles. The molecule has 0 aromatic rings. The summed E-state index contributed by atoms with van der Waals surface area (Å²) in [6.45, 7) is 0.809. The Balaban J connectivity index is 1.83. The standard InChI is InChI=1S/C8H12N2O/c11-7-8(3-4-8)9-5-10(7)6-1-2-6/h6,9H,1-5H2. The van der Waals surface area contributed by atoms with Crippen LogP contribution in [0.15, 0.2) is 0 Å². The summed E-state index contributed by atoms with van der Waals surface area (Å²) in [5, 5.41) is 3.30. The molecule has 0 aromatic carbocycles. The van der Waals surface area contributed by atoms with Gasteiger partial charge in [-0.05, 0) is 25.7 Å². The Morgan fingerprint density at radius 2 is 2.18 bits per heavy atom. The molecular formula is C8H12N2O. The summed E-state index contributed by atoms with van der Waals surface area (Å²) in [5.41, 5.74) is -0.0669. The summed E-state index contributed by atoms with van der Waals surface area (Å²) >= 11 is 0. The summed E-state index contributed by atoms with van der Waals surface area (Å²) in [6, 6.07) is 0.593. The fraction of sp³-hybridized carbons (Fsp3) is 0.875. The van der Waals surface area contributed by atoms with Gasteiger partial charge in [0.05, 0.1) is 12.2 Å². The molecule has 0 bridgehead atoms. The van der Waals surface area contributed by atoms with Crippen LogP contribution in [-0.2, 0) is 4.79 Å². The molecule has 1 heterocycles. The molecule has 1 amide bonds. The van der Waals surface area contributed by atoms with Crippen LogP contribution >= 0.6 is 0 Å². The van der Waals surface area contributed by atoms with Gasteiger partial charge in [-0.25, -0.2) is 0 Å². The van der Waals surface area contributed by atoms with Crippen molar-refractivity contribution < 1.29 is 4.79 Å². The topological polar surface area (TPSA) is 32.3 Å². The second-order valence-corrected chi connectivity index (χ2v) is 3.92. The molecule has 3 rings (SSSR count). The Kier molecular flexibility index (Phi) is 0.876. The molecule has 1 aliphatic heterocycles. The van der Waals surface area contributed by atoms with Gasteiger partial charge in [0.1, 0.15) is 0 Å². The van der Waals surface area contributed by atoms with Crippen LogP contribution in [0, 0.1) is 0 Å². The van der Waals surface area contributed by atoms with E-state index in [-0.39, 0.29) is 5.54 Å². The van der Waals surface area contributed by atoms with Gasteiger partial charge in [-0.3, -0.25) is 10.1 Å². The predicted molar refractivity (Wildman–Crippen MR) is 39.8 cm³/mol. The molecular weight excluding hydrogens is 140 g/mol. The monoisotopic (exact) mass is 152 g/mol. The minimum absolute atomic E-state index is 0.0669. The molecule has 3 fully saturated rings. The first kappa shape index (κ1) is 6.00.